The Hall–Kier alpha value is -2.33. The summed E-state index contributed by atoms with van der Waals surface area (Å²) in [7, 11) is 0. The van der Waals surface area contributed by atoms with E-state index >= 15 is 0 Å². The molecule has 1 N–H and O–H groups in total. The molecule has 132 valence electrons. The van der Waals surface area contributed by atoms with Gasteiger partial charge in [0.25, 0.3) is 5.91 Å². The largest absolute Gasteiger partial charge is 0.378 e. The number of aryl methyl sites for hydroxylation is 2. The molecule has 1 aliphatic rings. The predicted molar refractivity (Wildman–Crippen MR) is 101 cm³/mol. The third kappa shape index (κ3) is 4.20. The van der Waals surface area contributed by atoms with Crippen molar-refractivity contribution in [2.45, 2.75) is 26.8 Å². The number of hydrogen-bond acceptors (Lipinski definition) is 3. The SMILES string of the molecule is Cc1ccc(C)c(C(C)NC(=O)c2ccc(N3CCOCC3)cc2)c1. The highest BCUT2D eigenvalue weighted by atomic mass is 16.5. The standard InChI is InChI=1S/C21H26N2O2/c1-15-4-5-16(2)20(14-15)17(3)22-21(24)18-6-8-19(9-7-18)23-10-12-25-13-11-23/h4-9,14,17H,10-13H2,1-3H3,(H,22,24). The molecule has 0 bridgehead atoms. The van der Waals surface area contributed by atoms with Crippen LogP contribution in [-0.4, -0.2) is 32.2 Å². The third-order valence-electron chi connectivity index (χ3n) is 4.75. The number of morpholine rings is 1. The second kappa shape index (κ2) is 7.70. The van der Waals surface area contributed by atoms with E-state index in [1.54, 1.807) is 0 Å². The number of anilines is 1. The van der Waals surface area contributed by atoms with Crippen molar-refractivity contribution in [3.8, 4) is 0 Å². The molecule has 0 spiro atoms. The third-order valence-corrected chi connectivity index (χ3v) is 4.75. The van der Waals surface area contributed by atoms with Crippen LogP contribution in [0.25, 0.3) is 0 Å². The average molecular weight is 338 g/mol. The van der Waals surface area contributed by atoms with Crippen LogP contribution in [0.3, 0.4) is 0 Å². The van der Waals surface area contributed by atoms with Crippen LogP contribution in [0.2, 0.25) is 0 Å². The Kier molecular flexibility index (Phi) is 5.39. The second-order valence-corrected chi connectivity index (χ2v) is 6.70. The number of nitrogens with zero attached hydrogens (tertiary/aromatic N) is 1. The van der Waals surface area contributed by atoms with E-state index in [0.717, 1.165) is 32.0 Å². The van der Waals surface area contributed by atoms with Crippen LogP contribution in [0.1, 0.15) is 40.0 Å². The van der Waals surface area contributed by atoms with Gasteiger partial charge in [0.05, 0.1) is 19.3 Å². The summed E-state index contributed by atoms with van der Waals surface area (Å²) in [5.74, 6) is -0.0399. The molecule has 0 aliphatic carbocycles. The minimum absolute atomic E-state index is 0.0219. The lowest BCUT2D eigenvalue weighted by Gasteiger charge is -2.28. The number of carbonyl (C=O) groups is 1. The molecule has 0 radical (unpaired) electrons. The van der Waals surface area contributed by atoms with Gasteiger partial charge in [0.2, 0.25) is 0 Å². The molecule has 3 rings (SSSR count). The van der Waals surface area contributed by atoms with Crippen molar-refractivity contribution in [3.63, 3.8) is 0 Å². The number of amides is 1. The van der Waals surface area contributed by atoms with Crippen molar-refractivity contribution in [3.05, 3.63) is 64.7 Å². The first-order chi connectivity index (χ1) is 12.0. The van der Waals surface area contributed by atoms with E-state index in [1.807, 2.05) is 31.2 Å². The topological polar surface area (TPSA) is 41.6 Å². The van der Waals surface area contributed by atoms with Crippen molar-refractivity contribution in [1.82, 2.24) is 5.32 Å². The highest BCUT2D eigenvalue weighted by Crippen LogP contribution is 2.20. The van der Waals surface area contributed by atoms with Crippen LogP contribution in [-0.2, 0) is 4.74 Å². The molecule has 1 fully saturated rings. The summed E-state index contributed by atoms with van der Waals surface area (Å²) in [6, 6.07) is 14.1. The van der Waals surface area contributed by atoms with E-state index in [-0.39, 0.29) is 11.9 Å². The Bertz CT molecular complexity index is 734. The normalized spacial score (nSPS) is 15.7. The molecule has 1 aliphatic heterocycles. The van der Waals surface area contributed by atoms with Gasteiger partial charge in [-0.25, -0.2) is 0 Å². The summed E-state index contributed by atoms with van der Waals surface area (Å²) >= 11 is 0. The zero-order chi connectivity index (χ0) is 17.8. The minimum Gasteiger partial charge on any atom is -0.378 e. The Morgan fingerprint density at radius 2 is 1.76 bits per heavy atom. The number of nitrogens with one attached hydrogen (secondary N) is 1. The van der Waals surface area contributed by atoms with E-state index in [0.29, 0.717) is 5.56 Å². The molecule has 1 saturated heterocycles. The molecule has 1 heterocycles. The van der Waals surface area contributed by atoms with Crippen molar-refractivity contribution in [2.24, 2.45) is 0 Å². The number of carbonyl (C=O) groups excluding carboxylic acids is 1. The van der Waals surface area contributed by atoms with Gasteiger partial charge in [-0.1, -0.05) is 23.8 Å². The van der Waals surface area contributed by atoms with Gasteiger partial charge >= 0.3 is 0 Å². The van der Waals surface area contributed by atoms with Crippen LogP contribution in [0.4, 0.5) is 5.69 Å². The molecule has 4 nitrogen and oxygen atoms in total. The highest BCUT2D eigenvalue weighted by Gasteiger charge is 2.15. The number of rotatable bonds is 4. The maximum atomic E-state index is 12.6. The van der Waals surface area contributed by atoms with Crippen LogP contribution in [0.5, 0.6) is 0 Å². The molecule has 0 aromatic heterocycles. The van der Waals surface area contributed by atoms with Crippen LogP contribution >= 0.6 is 0 Å². The van der Waals surface area contributed by atoms with Crippen molar-refractivity contribution >= 4 is 11.6 Å². The van der Waals surface area contributed by atoms with Gasteiger partial charge in [-0.3, -0.25) is 4.79 Å². The van der Waals surface area contributed by atoms with Gasteiger partial charge in [-0.15, -0.1) is 0 Å². The predicted octanol–water partition coefficient (Wildman–Crippen LogP) is 3.63. The Morgan fingerprint density at radius 3 is 2.44 bits per heavy atom. The van der Waals surface area contributed by atoms with Crippen LogP contribution in [0.15, 0.2) is 42.5 Å². The summed E-state index contributed by atoms with van der Waals surface area (Å²) in [6.07, 6.45) is 0. The molecule has 4 heteroatoms. The quantitative estimate of drug-likeness (QED) is 0.925. The zero-order valence-electron chi connectivity index (χ0n) is 15.2. The van der Waals surface area contributed by atoms with Gasteiger partial charge in [-0.2, -0.15) is 0 Å². The molecule has 2 aromatic rings. The van der Waals surface area contributed by atoms with Gasteiger partial charge < -0.3 is 15.0 Å². The Labute approximate surface area is 149 Å². The molecule has 2 aromatic carbocycles. The van der Waals surface area contributed by atoms with Gasteiger partial charge in [0.1, 0.15) is 0 Å². The number of hydrogen-bond donors (Lipinski definition) is 1. The van der Waals surface area contributed by atoms with Gasteiger partial charge in [0, 0.05) is 24.3 Å². The highest BCUT2D eigenvalue weighted by molar-refractivity contribution is 5.94. The maximum Gasteiger partial charge on any atom is 0.251 e. The summed E-state index contributed by atoms with van der Waals surface area (Å²) in [6.45, 7) is 9.49. The lowest BCUT2D eigenvalue weighted by atomic mass is 9.99. The molecule has 1 amide bonds. The van der Waals surface area contributed by atoms with E-state index < -0.39 is 0 Å². The van der Waals surface area contributed by atoms with E-state index in [1.165, 1.54) is 16.7 Å². The zero-order valence-corrected chi connectivity index (χ0v) is 15.2. The average Bonchev–Trinajstić information content (AvgIpc) is 2.64. The molecular weight excluding hydrogens is 312 g/mol. The molecular formula is C21H26N2O2. The maximum absolute atomic E-state index is 12.6. The first-order valence-electron chi connectivity index (χ1n) is 8.85. The summed E-state index contributed by atoms with van der Waals surface area (Å²) < 4.78 is 5.38. The smallest absolute Gasteiger partial charge is 0.251 e. The molecule has 1 atom stereocenters. The monoisotopic (exact) mass is 338 g/mol. The fourth-order valence-corrected chi connectivity index (χ4v) is 3.23. The van der Waals surface area contributed by atoms with E-state index in [9.17, 15) is 4.79 Å². The van der Waals surface area contributed by atoms with Crippen LogP contribution < -0.4 is 10.2 Å². The summed E-state index contributed by atoms with van der Waals surface area (Å²) in [5.41, 5.74) is 5.40. The van der Waals surface area contributed by atoms with Crippen molar-refractivity contribution in [1.29, 1.82) is 0 Å². The number of ether oxygens (including phenoxy) is 1. The summed E-state index contributed by atoms with van der Waals surface area (Å²) in [5, 5.41) is 3.11. The minimum atomic E-state index is -0.0399. The van der Waals surface area contributed by atoms with Gasteiger partial charge in [0.15, 0.2) is 0 Å². The van der Waals surface area contributed by atoms with E-state index in [2.05, 4.69) is 42.3 Å². The second-order valence-electron chi connectivity index (χ2n) is 6.70. The Morgan fingerprint density at radius 1 is 1.08 bits per heavy atom. The van der Waals surface area contributed by atoms with Crippen molar-refractivity contribution < 1.29 is 9.53 Å². The fourth-order valence-electron chi connectivity index (χ4n) is 3.23. The number of benzene rings is 2. The van der Waals surface area contributed by atoms with Crippen molar-refractivity contribution in [2.75, 3.05) is 31.2 Å². The lowest BCUT2D eigenvalue weighted by molar-refractivity contribution is 0.0939. The lowest BCUT2D eigenvalue weighted by Crippen LogP contribution is -2.36. The molecule has 1 unspecified atom stereocenters. The first-order valence-corrected chi connectivity index (χ1v) is 8.85. The fraction of sp³-hybridized carbons (Fsp3) is 0.381. The van der Waals surface area contributed by atoms with Gasteiger partial charge in [-0.05, 0) is 56.2 Å². The summed E-state index contributed by atoms with van der Waals surface area (Å²) in [4.78, 5) is 14.8. The van der Waals surface area contributed by atoms with Crippen LogP contribution in [0, 0.1) is 13.8 Å². The molecule has 0 saturated carbocycles. The first kappa shape index (κ1) is 17.5. The molecule has 25 heavy (non-hydrogen) atoms. The van der Waals surface area contributed by atoms with E-state index in [4.69, 9.17) is 4.74 Å². The Balaban J connectivity index is 1.67.